The lowest BCUT2D eigenvalue weighted by Crippen LogP contribution is -2.76. The molecule has 0 spiro atoms. The van der Waals surface area contributed by atoms with Crippen LogP contribution in [-0.4, -0.2) is 111 Å². The van der Waals surface area contributed by atoms with Crippen LogP contribution in [0.1, 0.15) is 6.42 Å². The third-order valence-electron chi connectivity index (χ3n) is 5.36. The number of nitrogens with zero attached hydrogens (tertiary/aromatic N) is 1. The number of aliphatic hydroxyl groups is 1. The molecule has 41 heavy (non-hydrogen) atoms. The molecule has 0 atom stereocenters. The zero-order valence-electron chi connectivity index (χ0n) is 19.8. The molecule has 0 rings (SSSR count). The molecule has 0 saturated heterocycles. The number of halogens is 19. The second kappa shape index (κ2) is 10.9. The summed E-state index contributed by atoms with van der Waals surface area (Å²) in [7, 11) is -4.76. The van der Waals surface area contributed by atoms with Gasteiger partial charge in [-0.3, -0.25) is 0 Å². The highest BCUT2D eigenvalue weighted by Crippen LogP contribution is 2.65. The highest BCUT2D eigenvalue weighted by molar-refractivity contribution is 7.90. The van der Waals surface area contributed by atoms with Crippen molar-refractivity contribution in [2.24, 2.45) is 0 Å². The Labute approximate surface area is 216 Å². The predicted molar refractivity (Wildman–Crippen MR) is 96.1 cm³/mol. The van der Waals surface area contributed by atoms with Gasteiger partial charge in [0.05, 0.1) is 27.2 Å². The van der Waals surface area contributed by atoms with E-state index in [4.69, 9.17) is 5.11 Å². The normalized spacial score (nSPS) is 16.3. The Hall–Kier alpha value is -1.50. The van der Waals surface area contributed by atoms with Gasteiger partial charge in [-0.05, 0) is 0 Å². The standard InChI is InChI=1S/C16H18F19N2O3S/c1-37(2,6-7-38)5-3-4-36-41(39,40)16(34,35)14(29,30)12(25,26)10(21,22)8(17,18)9(19,20)11(23,24)13(27,28)15(31,32)33/h36,38H,3-7H2,1-2H3/q+1. The summed E-state index contributed by atoms with van der Waals surface area (Å²) in [6.07, 6.45) is -8.65. The van der Waals surface area contributed by atoms with Crippen molar-refractivity contribution < 1.29 is 101 Å². The summed E-state index contributed by atoms with van der Waals surface area (Å²) in [5.74, 6) is -61.9. The van der Waals surface area contributed by atoms with Crippen molar-refractivity contribution in [3.05, 3.63) is 0 Å². The summed E-state index contributed by atoms with van der Waals surface area (Å²) in [5, 5.41) is 1.09. The van der Waals surface area contributed by atoms with Gasteiger partial charge in [0.1, 0.15) is 6.54 Å². The summed E-state index contributed by atoms with van der Waals surface area (Å²) in [4.78, 5) is 0. The van der Waals surface area contributed by atoms with E-state index in [1.165, 1.54) is 14.1 Å². The number of aliphatic hydroxyl groups excluding tert-OH is 1. The van der Waals surface area contributed by atoms with E-state index in [0.717, 1.165) is 0 Å². The van der Waals surface area contributed by atoms with Crippen LogP contribution in [-0.2, 0) is 10.0 Å². The third kappa shape index (κ3) is 5.99. The summed E-state index contributed by atoms with van der Waals surface area (Å²) >= 11 is 0. The Morgan fingerprint density at radius 2 is 0.878 bits per heavy atom. The summed E-state index contributed by atoms with van der Waals surface area (Å²) in [6, 6.07) is 0. The van der Waals surface area contributed by atoms with Crippen LogP contribution in [0, 0.1) is 0 Å². The first-order valence-electron chi connectivity index (χ1n) is 10.0. The second-order valence-corrected chi connectivity index (χ2v) is 10.7. The van der Waals surface area contributed by atoms with Crippen LogP contribution in [0.2, 0.25) is 0 Å². The Bertz CT molecular complexity index is 1020. The number of sulfonamides is 1. The number of hydrogen-bond acceptors (Lipinski definition) is 3. The van der Waals surface area contributed by atoms with E-state index in [1.54, 1.807) is 0 Å². The number of likely N-dealkylation sites (N-methyl/N-ethyl adjacent to an activating group) is 1. The molecule has 248 valence electrons. The highest BCUT2D eigenvalue weighted by Gasteiger charge is 2.97. The fraction of sp³-hybridized carbons (Fsp3) is 1.00. The number of hydrogen-bond donors (Lipinski definition) is 2. The van der Waals surface area contributed by atoms with E-state index in [2.05, 4.69) is 0 Å². The van der Waals surface area contributed by atoms with Crippen LogP contribution in [0.3, 0.4) is 0 Å². The minimum Gasteiger partial charge on any atom is -0.391 e. The van der Waals surface area contributed by atoms with Gasteiger partial charge in [0, 0.05) is 13.0 Å². The summed E-state index contributed by atoms with van der Waals surface area (Å²) < 4.78 is 276. The summed E-state index contributed by atoms with van der Waals surface area (Å²) in [6.45, 7) is -2.29. The number of quaternary nitrogens is 1. The van der Waals surface area contributed by atoms with Crippen LogP contribution >= 0.6 is 0 Å². The van der Waals surface area contributed by atoms with E-state index < -0.39 is 82.5 Å². The molecule has 0 saturated carbocycles. The minimum atomic E-state index is -9.13. The van der Waals surface area contributed by atoms with Gasteiger partial charge in [0.15, 0.2) is 0 Å². The number of rotatable bonds is 15. The fourth-order valence-corrected chi connectivity index (χ4v) is 3.76. The van der Waals surface area contributed by atoms with E-state index in [0.29, 0.717) is 4.72 Å². The first-order chi connectivity index (χ1) is 17.5. The maximum atomic E-state index is 14.0. The van der Waals surface area contributed by atoms with Crippen molar-refractivity contribution in [1.29, 1.82) is 0 Å². The van der Waals surface area contributed by atoms with Gasteiger partial charge >= 0.3 is 52.9 Å². The molecule has 0 aliphatic heterocycles. The van der Waals surface area contributed by atoms with Crippen LogP contribution in [0.15, 0.2) is 0 Å². The lowest BCUT2D eigenvalue weighted by atomic mass is 9.89. The van der Waals surface area contributed by atoms with Crippen molar-refractivity contribution >= 4 is 10.0 Å². The molecule has 2 N–H and O–H groups in total. The molecule has 0 aromatic rings. The second-order valence-electron chi connectivity index (χ2n) is 8.89. The maximum absolute atomic E-state index is 14.0. The van der Waals surface area contributed by atoms with Gasteiger partial charge in [0.25, 0.3) is 10.0 Å². The molecule has 0 amide bonds. The van der Waals surface area contributed by atoms with Gasteiger partial charge in [-0.25, -0.2) is 13.1 Å². The molecule has 0 fully saturated rings. The minimum absolute atomic E-state index is 0.0882. The van der Waals surface area contributed by atoms with Crippen molar-refractivity contribution in [2.75, 3.05) is 40.3 Å². The molecular formula is C16H18F19N2O3S+. The predicted octanol–water partition coefficient (Wildman–Crippen LogP) is 4.97. The van der Waals surface area contributed by atoms with Gasteiger partial charge in [-0.15, -0.1) is 0 Å². The van der Waals surface area contributed by atoms with Crippen molar-refractivity contribution in [1.82, 2.24) is 4.72 Å². The van der Waals surface area contributed by atoms with Crippen LogP contribution < -0.4 is 4.72 Å². The quantitative estimate of drug-likeness (QED) is 0.146. The number of nitrogens with one attached hydrogen (secondary N) is 1. The highest BCUT2D eigenvalue weighted by atomic mass is 32.2. The average Bonchev–Trinajstić information content (AvgIpc) is 2.74. The molecule has 0 aliphatic rings. The Kier molecular flexibility index (Phi) is 10.5. The molecule has 25 heteroatoms. The van der Waals surface area contributed by atoms with E-state index in [1.807, 2.05) is 0 Å². The van der Waals surface area contributed by atoms with Gasteiger partial charge < -0.3 is 9.59 Å². The molecular weight excluding hydrogens is 661 g/mol. The van der Waals surface area contributed by atoms with E-state index >= 15 is 0 Å². The van der Waals surface area contributed by atoms with Crippen LogP contribution in [0.25, 0.3) is 0 Å². The molecule has 0 aromatic carbocycles. The molecule has 0 aliphatic carbocycles. The van der Waals surface area contributed by atoms with Crippen LogP contribution in [0.4, 0.5) is 83.4 Å². The SMILES string of the molecule is C[N+](C)(CCO)CCCNS(=O)(=O)C(F)(F)C(F)(F)C(F)(F)C(F)(F)C(F)(F)C(F)(F)C(F)(F)C(F)(F)C(F)(F)F. The molecule has 0 aromatic heterocycles. The first kappa shape index (κ1) is 39.5. The molecule has 0 bridgehead atoms. The lowest BCUT2D eigenvalue weighted by Gasteiger charge is -2.43. The van der Waals surface area contributed by atoms with Crippen molar-refractivity contribution in [3.8, 4) is 0 Å². The number of alkyl halides is 19. The van der Waals surface area contributed by atoms with E-state index in [9.17, 15) is 91.8 Å². The smallest absolute Gasteiger partial charge is 0.391 e. The molecule has 0 unspecified atom stereocenters. The van der Waals surface area contributed by atoms with Gasteiger partial charge in [0.2, 0.25) is 0 Å². The zero-order valence-corrected chi connectivity index (χ0v) is 20.7. The van der Waals surface area contributed by atoms with E-state index in [-0.39, 0.29) is 17.6 Å². The molecule has 0 radical (unpaired) electrons. The molecule has 5 nitrogen and oxygen atoms in total. The first-order valence-corrected chi connectivity index (χ1v) is 11.5. The van der Waals surface area contributed by atoms with Crippen molar-refractivity contribution in [2.45, 2.75) is 59.3 Å². The molecule has 0 heterocycles. The summed E-state index contributed by atoms with van der Waals surface area (Å²) in [5.41, 5.74) is 0. The zero-order chi connectivity index (χ0) is 33.7. The monoisotopic (exact) mass is 679 g/mol. The van der Waals surface area contributed by atoms with Gasteiger partial charge in [-0.1, -0.05) is 0 Å². The topological polar surface area (TPSA) is 66.4 Å². The van der Waals surface area contributed by atoms with Gasteiger partial charge in [-0.2, -0.15) is 83.4 Å². The Balaban J connectivity index is 6.62. The Morgan fingerprint density at radius 3 is 1.20 bits per heavy atom. The third-order valence-corrected chi connectivity index (χ3v) is 6.88. The maximum Gasteiger partial charge on any atom is 0.460 e. The average molecular weight is 679 g/mol. The Morgan fingerprint density at radius 1 is 0.561 bits per heavy atom. The van der Waals surface area contributed by atoms with Crippen molar-refractivity contribution in [3.63, 3.8) is 0 Å². The largest absolute Gasteiger partial charge is 0.460 e. The van der Waals surface area contributed by atoms with Crippen LogP contribution in [0.5, 0.6) is 0 Å². The fourth-order valence-electron chi connectivity index (χ4n) is 2.70. The lowest BCUT2D eigenvalue weighted by molar-refractivity contribution is -0.890.